The zero-order valence-electron chi connectivity index (χ0n) is 15.4. The number of aromatic nitrogens is 2. The van der Waals surface area contributed by atoms with Gasteiger partial charge in [0.1, 0.15) is 0 Å². The van der Waals surface area contributed by atoms with Crippen molar-refractivity contribution in [3.63, 3.8) is 0 Å². The van der Waals surface area contributed by atoms with E-state index in [0.717, 1.165) is 16.9 Å². The molecule has 2 aromatic carbocycles. The highest BCUT2D eigenvalue weighted by Gasteiger charge is 2.11. The number of benzene rings is 2. The van der Waals surface area contributed by atoms with Gasteiger partial charge in [0, 0.05) is 38.2 Å². The Morgan fingerprint density at radius 3 is 2.56 bits per heavy atom. The number of carbonyl (C=O) groups excluding carboxylic acids is 2. The normalized spacial score (nSPS) is 10.4. The predicted octanol–water partition coefficient (Wildman–Crippen LogP) is 2.75. The molecule has 0 saturated heterocycles. The van der Waals surface area contributed by atoms with Crippen LogP contribution in [0.3, 0.4) is 0 Å². The summed E-state index contributed by atoms with van der Waals surface area (Å²) in [4.78, 5) is 25.5. The average molecular weight is 362 g/mol. The van der Waals surface area contributed by atoms with E-state index in [9.17, 15) is 9.59 Å². The third-order valence-corrected chi connectivity index (χ3v) is 4.19. The van der Waals surface area contributed by atoms with Gasteiger partial charge in [-0.25, -0.2) is 4.68 Å². The van der Waals surface area contributed by atoms with Crippen molar-refractivity contribution in [3.05, 3.63) is 72.4 Å². The van der Waals surface area contributed by atoms with E-state index in [1.54, 1.807) is 32.4 Å². The first-order valence-corrected chi connectivity index (χ1v) is 8.74. The van der Waals surface area contributed by atoms with Crippen LogP contribution in [0.2, 0.25) is 0 Å². The van der Waals surface area contributed by atoms with E-state index >= 15 is 0 Å². The zero-order chi connectivity index (χ0) is 19.2. The summed E-state index contributed by atoms with van der Waals surface area (Å²) in [7, 11) is 3.39. The first-order valence-electron chi connectivity index (χ1n) is 8.74. The fraction of sp³-hybridized carbons (Fsp3) is 0.190. The molecule has 1 heterocycles. The van der Waals surface area contributed by atoms with Gasteiger partial charge in [-0.3, -0.25) is 9.59 Å². The molecule has 0 aliphatic heterocycles. The molecule has 0 aliphatic rings. The lowest BCUT2D eigenvalue weighted by Gasteiger charge is -2.11. The van der Waals surface area contributed by atoms with Crippen molar-refractivity contribution < 1.29 is 9.59 Å². The highest BCUT2D eigenvalue weighted by molar-refractivity contribution is 5.95. The van der Waals surface area contributed by atoms with Gasteiger partial charge >= 0.3 is 0 Å². The molecule has 1 aromatic heterocycles. The van der Waals surface area contributed by atoms with Crippen molar-refractivity contribution in [2.24, 2.45) is 0 Å². The lowest BCUT2D eigenvalue weighted by atomic mass is 10.1. The summed E-state index contributed by atoms with van der Waals surface area (Å²) in [6.45, 7) is 0.303. The van der Waals surface area contributed by atoms with E-state index in [1.165, 1.54) is 4.90 Å². The van der Waals surface area contributed by atoms with Gasteiger partial charge in [0.25, 0.3) is 5.91 Å². The molecule has 27 heavy (non-hydrogen) atoms. The number of rotatable bonds is 6. The Morgan fingerprint density at radius 2 is 1.81 bits per heavy atom. The molecule has 0 saturated carbocycles. The summed E-state index contributed by atoms with van der Waals surface area (Å²) in [5.41, 5.74) is 3.33. The Bertz CT molecular complexity index is 932. The minimum atomic E-state index is -0.211. The predicted molar refractivity (Wildman–Crippen MR) is 105 cm³/mol. The molecule has 0 radical (unpaired) electrons. The topological polar surface area (TPSA) is 67.2 Å². The molecular formula is C21H22N4O2. The van der Waals surface area contributed by atoms with Crippen LogP contribution in [-0.4, -0.2) is 47.1 Å². The molecule has 0 spiro atoms. The van der Waals surface area contributed by atoms with Gasteiger partial charge in [0.2, 0.25) is 5.91 Å². The third-order valence-electron chi connectivity index (χ3n) is 4.19. The number of hydrogen-bond acceptors (Lipinski definition) is 3. The summed E-state index contributed by atoms with van der Waals surface area (Å²) in [5.74, 6) is -0.232. The first kappa shape index (κ1) is 18.4. The van der Waals surface area contributed by atoms with Crippen LogP contribution in [-0.2, 0) is 4.79 Å². The summed E-state index contributed by atoms with van der Waals surface area (Å²) in [6, 6.07) is 19.2. The van der Waals surface area contributed by atoms with Gasteiger partial charge in [-0.2, -0.15) is 5.10 Å². The molecule has 0 bridgehead atoms. The van der Waals surface area contributed by atoms with E-state index in [-0.39, 0.29) is 18.2 Å². The Balaban J connectivity index is 1.76. The Morgan fingerprint density at radius 1 is 1.04 bits per heavy atom. The molecule has 1 N–H and O–H groups in total. The van der Waals surface area contributed by atoms with E-state index < -0.39 is 0 Å². The minimum Gasteiger partial charge on any atom is -0.352 e. The highest BCUT2D eigenvalue weighted by Crippen LogP contribution is 2.22. The van der Waals surface area contributed by atoms with E-state index in [0.29, 0.717) is 12.1 Å². The SMILES string of the molecule is CN(C)C(=O)CCNC(=O)c1cccc(-n2nccc2-c2ccccc2)c1. The first-order chi connectivity index (χ1) is 13.1. The van der Waals surface area contributed by atoms with Crippen molar-refractivity contribution in [1.82, 2.24) is 20.0 Å². The maximum Gasteiger partial charge on any atom is 0.251 e. The van der Waals surface area contributed by atoms with Crippen LogP contribution >= 0.6 is 0 Å². The van der Waals surface area contributed by atoms with Crippen LogP contribution in [0, 0.1) is 0 Å². The number of nitrogens with zero attached hydrogens (tertiary/aromatic N) is 3. The van der Waals surface area contributed by atoms with Gasteiger partial charge in [0.05, 0.1) is 17.6 Å². The van der Waals surface area contributed by atoms with Gasteiger partial charge < -0.3 is 10.2 Å². The van der Waals surface area contributed by atoms with E-state index in [1.807, 2.05) is 53.2 Å². The Kier molecular flexibility index (Phi) is 5.66. The lowest BCUT2D eigenvalue weighted by Crippen LogP contribution is -2.30. The van der Waals surface area contributed by atoms with Crippen LogP contribution in [0.15, 0.2) is 66.9 Å². The molecule has 0 aliphatic carbocycles. The van der Waals surface area contributed by atoms with Crippen molar-refractivity contribution in [2.75, 3.05) is 20.6 Å². The number of hydrogen-bond donors (Lipinski definition) is 1. The number of nitrogens with one attached hydrogen (secondary N) is 1. The maximum atomic E-state index is 12.4. The average Bonchev–Trinajstić information content (AvgIpc) is 3.18. The third kappa shape index (κ3) is 4.41. The Hall–Kier alpha value is -3.41. The van der Waals surface area contributed by atoms with Crippen LogP contribution in [0.1, 0.15) is 16.8 Å². The van der Waals surface area contributed by atoms with Crippen molar-refractivity contribution >= 4 is 11.8 Å². The number of carbonyl (C=O) groups is 2. The molecule has 0 fully saturated rings. The zero-order valence-corrected chi connectivity index (χ0v) is 15.4. The second kappa shape index (κ2) is 8.31. The van der Waals surface area contributed by atoms with Gasteiger partial charge in [-0.15, -0.1) is 0 Å². The monoisotopic (exact) mass is 362 g/mol. The summed E-state index contributed by atoms with van der Waals surface area (Å²) in [6.07, 6.45) is 2.01. The fourth-order valence-electron chi connectivity index (χ4n) is 2.72. The quantitative estimate of drug-likeness (QED) is 0.733. The Labute approximate surface area is 158 Å². The fourth-order valence-corrected chi connectivity index (χ4v) is 2.72. The van der Waals surface area contributed by atoms with Crippen LogP contribution in [0.25, 0.3) is 16.9 Å². The van der Waals surface area contributed by atoms with Crippen LogP contribution in [0.5, 0.6) is 0 Å². The molecule has 3 rings (SSSR count). The van der Waals surface area contributed by atoms with Crippen molar-refractivity contribution in [1.29, 1.82) is 0 Å². The second-order valence-electron chi connectivity index (χ2n) is 6.34. The number of amides is 2. The minimum absolute atomic E-state index is 0.0203. The van der Waals surface area contributed by atoms with Crippen LogP contribution < -0.4 is 5.32 Å². The molecule has 6 nitrogen and oxygen atoms in total. The van der Waals surface area contributed by atoms with Crippen molar-refractivity contribution in [3.8, 4) is 16.9 Å². The second-order valence-corrected chi connectivity index (χ2v) is 6.34. The smallest absolute Gasteiger partial charge is 0.251 e. The maximum absolute atomic E-state index is 12.4. The highest BCUT2D eigenvalue weighted by atomic mass is 16.2. The van der Waals surface area contributed by atoms with E-state index in [4.69, 9.17) is 0 Å². The van der Waals surface area contributed by atoms with Crippen molar-refractivity contribution in [2.45, 2.75) is 6.42 Å². The summed E-state index contributed by atoms with van der Waals surface area (Å²) < 4.78 is 1.81. The molecule has 0 atom stereocenters. The summed E-state index contributed by atoms with van der Waals surface area (Å²) in [5, 5.41) is 7.19. The van der Waals surface area contributed by atoms with Gasteiger partial charge in [-0.05, 0) is 24.3 Å². The molecule has 138 valence electrons. The molecule has 2 amide bonds. The largest absolute Gasteiger partial charge is 0.352 e. The van der Waals surface area contributed by atoms with Gasteiger partial charge in [0.15, 0.2) is 0 Å². The molecular weight excluding hydrogens is 340 g/mol. The van der Waals surface area contributed by atoms with Crippen LogP contribution in [0.4, 0.5) is 0 Å². The molecule has 0 unspecified atom stereocenters. The van der Waals surface area contributed by atoms with E-state index in [2.05, 4.69) is 10.4 Å². The summed E-state index contributed by atoms with van der Waals surface area (Å²) >= 11 is 0. The van der Waals surface area contributed by atoms with Gasteiger partial charge in [-0.1, -0.05) is 36.4 Å². The standard InChI is InChI=1S/C21H22N4O2/c1-24(2)20(26)12-13-22-21(27)17-9-6-10-18(15-17)25-19(11-14-23-25)16-7-4-3-5-8-16/h3-11,14-15H,12-13H2,1-2H3,(H,22,27). The lowest BCUT2D eigenvalue weighted by molar-refractivity contribution is -0.128. The molecule has 6 heteroatoms. The molecule has 3 aromatic rings.